The fraction of sp³-hybridized carbons (Fsp3) is 0.130. The smallest absolute Gasteiger partial charge is 0.345 e. The van der Waals surface area contributed by atoms with Crippen molar-refractivity contribution in [2.45, 2.75) is 13.0 Å². The third kappa shape index (κ3) is 4.17. The van der Waals surface area contributed by atoms with Gasteiger partial charge >= 0.3 is 5.97 Å². The van der Waals surface area contributed by atoms with Crippen molar-refractivity contribution >= 4 is 37.9 Å². The van der Waals surface area contributed by atoms with Crippen LogP contribution in [-0.2, 0) is 16.7 Å². The minimum atomic E-state index is -4.29. The van der Waals surface area contributed by atoms with Crippen molar-refractivity contribution in [2.75, 3.05) is 5.75 Å². The molecule has 0 aliphatic carbocycles. The van der Waals surface area contributed by atoms with E-state index in [0.29, 0.717) is 28.6 Å². The summed E-state index contributed by atoms with van der Waals surface area (Å²) in [5.74, 6) is -0.462. The van der Waals surface area contributed by atoms with E-state index < -0.39 is 21.8 Å². The van der Waals surface area contributed by atoms with E-state index in [1.807, 2.05) is 59.2 Å². The summed E-state index contributed by atoms with van der Waals surface area (Å²) in [6.07, 6.45) is 0.179. The van der Waals surface area contributed by atoms with E-state index >= 15 is 0 Å². The summed E-state index contributed by atoms with van der Waals surface area (Å²) in [5.41, 5.74) is 1.97. The highest BCUT2D eigenvalue weighted by Gasteiger charge is 2.25. The molecule has 152 valence electrons. The molecule has 0 saturated carbocycles. The SMILES string of the molecule is O=C(Oc1ccccc1)c1c2ccccc2[n+](CCCS(=O)(=O)[O-])c2ccccc12. The molecule has 0 bridgehead atoms. The number of benzene rings is 3. The first-order valence-corrected chi connectivity index (χ1v) is 11.1. The van der Waals surface area contributed by atoms with Gasteiger partial charge in [0, 0.05) is 24.3 Å². The van der Waals surface area contributed by atoms with Crippen molar-refractivity contribution in [3.05, 3.63) is 84.4 Å². The summed E-state index contributed by atoms with van der Waals surface area (Å²) in [5, 5.41) is 1.39. The number of ether oxygens (including phenoxy) is 1. The van der Waals surface area contributed by atoms with Crippen molar-refractivity contribution in [1.29, 1.82) is 0 Å². The van der Waals surface area contributed by atoms with Crippen LogP contribution in [0, 0.1) is 0 Å². The van der Waals surface area contributed by atoms with E-state index in [9.17, 15) is 17.8 Å². The Morgan fingerprint density at radius 3 is 1.93 bits per heavy atom. The molecule has 0 amide bonds. The number of esters is 1. The molecule has 0 saturated heterocycles. The van der Waals surface area contributed by atoms with E-state index in [2.05, 4.69) is 0 Å². The van der Waals surface area contributed by atoms with Gasteiger partial charge in [-0.2, -0.15) is 4.57 Å². The fourth-order valence-corrected chi connectivity index (χ4v) is 4.11. The van der Waals surface area contributed by atoms with Crippen molar-refractivity contribution in [3.63, 3.8) is 0 Å². The molecular weight excluding hydrogens is 402 g/mol. The third-order valence-electron chi connectivity index (χ3n) is 4.86. The van der Waals surface area contributed by atoms with Crippen LogP contribution >= 0.6 is 0 Å². The number of hydrogen-bond acceptors (Lipinski definition) is 5. The second-order valence-electron chi connectivity index (χ2n) is 6.88. The van der Waals surface area contributed by atoms with Gasteiger partial charge in [-0.05, 0) is 24.3 Å². The summed E-state index contributed by atoms with van der Waals surface area (Å²) in [6.45, 7) is 0.330. The molecule has 3 aromatic carbocycles. The quantitative estimate of drug-likeness (QED) is 0.156. The number of para-hydroxylation sites is 3. The zero-order chi connectivity index (χ0) is 21.1. The number of nitrogens with zero attached hydrogens (tertiary/aromatic N) is 1. The average molecular weight is 421 g/mol. The van der Waals surface area contributed by atoms with Gasteiger partial charge in [0.15, 0.2) is 6.54 Å². The Balaban J connectivity index is 1.87. The molecule has 0 fully saturated rings. The number of aromatic nitrogens is 1. The molecule has 0 spiro atoms. The maximum absolute atomic E-state index is 13.1. The maximum Gasteiger partial charge on any atom is 0.345 e. The van der Waals surface area contributed by atoms with Gasteiger partial charge in [0.1, 0.15) is 5.75 Å². The maximum atomic E-state index is 13.1. The summed E-state index contributed by atoms with van der Waals surface area (Å²) >= 11 is 0. The van der Waals surface area contributed by atoms with Gasteiger partial charge < -0.3 is 9.29 Å². The summed E-state index contributed by atoms with van der Waals surface area (Å²) < 4.78 is 40.7. The topological polar surface area (TPSA) is 87.4 Å². The molecule has 0 unspecified atom stereocenters. The summed E-state index contributed by atoms with van der Waals surface area (Å²) in [7, 11) is -4.29. The van der Waals surface area contributed by atoms with Crippen LogP contribution < -0.4 is 9.30 Å². The number of pyridine rings is 1. The molecule has 4 rings (SSSR count). The van der Waals surface area contributed by atoms with Crippen molar-refractivity contribution in [3.8, 4) is 5.75 Å². The van der Waals surface area contributed by atoms with Gasteiger partial charge in [-0.1, -0.05) is 42.5 Å². The third-order valence-corrected chi connectivity index (χ3v) is 5.65. The molecule has 30 heavy (non-hydrogen) atoms. The summed E-state index contributed by atoms with van der Waals surface area (Å²) in [4.78, 5) is 13.1. The predicted octanol–water partition coefficient (Wildman–Crippen LogP) is 3.44. The van der Waals surface area contributed by atoms with Gasteiger partial charge in [0.05, 0.1) is 26.5 Å². The Hall–Kier alpha value is -3.29. The molecule has 0 atom stereocenters. The number of rotatable bonds is 6. The molecule has 0 N–H and O–H groups in total. The second kappa shape index (κ2) is 8.22. The number of aryl methyl sites for hydroxylation is 1. The average Bonchev–Trinajstić information content (AvgIpc) is 2.73. The van der Waals surface area contributed by atoms with Crippen molar-refractivity contribution in [2.24, 2.45) is 0 Å². The monoisotopic (exact) mass is 421 g/mol. The van der Waals surface area contributed by atoms with Crippen LogP contribution in [0.2, 0.25) is 0 Å². The second-order valence-corrected chi connectivity index (χ2v) is 8.40. The van der Waals surface area contributed by atoms with Crippen LogP contribution in [0.1, 0.15) is 16.8 Å². The van der Waals surface area contributed by atoms with Crippen LogP contribution in [0.5, 0.6) is 5.75 Å². The zero-order valence-electron chi connectivity index (χ0n) is 16.0. The van der Waals surface area contributed by atoms with E-state index in [4.69, 9.17) is 4.74 Å². The largest absolute Gasteiger partial charge is 0.748 e. The lowest BCUT2D eigenvalue weighted by Gasteiger charge is -2.12. The van der Waals surface area contributed by atoms with Crippen molar-refractivity contribution in [1.82, 2.24) is 0 Å². The van der Waals surface area contributed by atoms with E-state index in [1.165, 1.54) is 0 Å². The van der Waals surface area contributed by atoms with Crippen LogP contribution in [0.4, 0.5) is 0 Å². The lowest BCUT2D eigenvalue weighted by atomic mass is 10.0. The van der Waals surface area contributed by atoms with Crippen LogP contribution in [0.3, 0.4) is 0 Å². The van der Waals surface area contributed by atoms with E-state index in [0.717, 1.165) is 11.0 Å². The van der Waals surface area contributed by atoms with Gasteiger partial charge in [0.2, 0.25) is 11.0 Å². The molecule has 7 heteroatoms. The highest BCUT2D eigenvalue weighted by atomic mass is 32.2. The number of carbonyl (C=O) groups excluding carboxylic acids is 1. The molecule has 1 aromatic heterocycles. The fourth-order valence-electron chi connectivity index (χ4n) is 3.62. The minimum Gasteiger partial charge on any atom is -0.748 e. The highest BCUT2D eigenvalue weighted by Crippen LogP contribution is 2.26. The zero-order valence-corrected chi connectivity index (χ0v) is 16.8. The Morgan fingerprint density at radius 2 is 1.37 bits per heavy atom. The molecule has 4 aromatic rings. The van der Waals surface area contributed by atoms with Gasteiger partial charge in [-0.25, -0.2) is 13.2 Å². The Labute approximate surface area is 174 Å². The number of hydrogen-bond donors (Lipinski definition) is 0. The first-order valence-electron chi connectivity index (χ1n) is 9.48. The number of carbonyl (C=O) groups is 1. The molecule has 0 aliphatic rings. The van der Waals surface area contributed by atoms with E-state index in [1.54, 1.807) is 24.3 Å². The van der Waals surface area contributed by atoms with Crippen LogP contribution in [-0.4, -0.2) is 24.7 Å². The molecule has 1 heterocycles. The van der Waals surface area contributed by atoms with Crippen LogP contribution in [0.15, 0.2) is 78.9 Å². The minimum absolute atomic E-state index is 0.179. The Morgan fingerprint density at radius 1 is 0.833 bits per heavy atom. The van der Waals surface area contributed by atoms with Crippen molar-refractivity contribution < 1.29 is 27.1 Å². The molecule has 0 aliphatic heterocycles. The first kappa shape index (κ1) is 20.0. The standard InChI is InChI=1S/C23H19NO5S/c25-23(29-17-9-2-1-3-10-17)22-18-11-4-6-13-20(18)24(15-8-16-30(26,27)28)21-14-7-5-12-19(21)22/h1-7,9-14H,8,15-16H2. The van der Waals surface area contributed by atoms with Gasteiger partial charge in [-0.15, -0.1) is 0 Å². The Bertz CT molecular complexity index is 1280. The lowest BCUT2D eigenvalue weighted by Crippen LogP contribution is -2.37. The van der Waals surface area contributed by atoms with E-state index in [-0.39, 0.29) is 6.42 Å². The van der Waals surface area contributed by atoms with Crippen LogP contribution in [0.25, 0.3) is 21.8 Å². The molecular formula is C23H19NO5S. The number of fused-ring (bicyclic) bond motifs is 2. The van der Waals surface area contributed by atoms with Gasteiger partial charge in [-0.3, -0.25) is 0 Å². The predicted molar refractivity (Wildman–Crippen MR) is 112 cm³/mol. The molecule has 0 radical (unpaired) electrons. The van der Waals surface area contributed by atoms with Gasteiger partial charge in [0.25, 0.3) is 0 Å². The molecule has 6 nitrogen and oxygen atoms in total. The summed E-state index contributed by atoms with van der Waals surface area (Å²) in [6, 6.07) is 23.6. The first-order chi connectivity index (χ1) is 14.4. The lowest BCUT2D eigenvalue weighted by molar-refractivity contribution is -0.645. The normalized spacial score (nSPS) is 11.6. The Kier molecular flexibility index (Phi) is 5.48. The highest BCUT2D eigenvalue weighted by molar-refractivity contribution is 7.85.